The lowest BCUT2D eigenvalue weighted by Gasteiger charge is -2.24. The van der Waals surface area contributed by atoms with Gasteiger partial charge < -0.3 is 15.5 Å². The van der Waals surface area contributed by atoms with Gasteiger partial charge in [0.1, 0.15) is 6.54 Å². The third kappa shape index (κ3) is 3.12. The zero-order valence-electron chi connectivity index (χ0n) is 9.20. The van der Waals surface area contributed by atoms with Crippen molar-refractivity contribution in [2.75, 3.05) is 31.9 Å². The smallest absolute Gasteiger partial charge is 0.282 e. The molecule has 6 heteroatoms. The lowest BCUT2D eigenvalue weighted by molar-refractivity contribution is -0.122. The third-order valence-corrected chi connectivity index (χ3v) is 3.73. The Morgan fingerprint density at radius 1 is 1.62 bits per heavy atom. The highest BCUT2D eigenvalue weighted by molar-refractivity contribution is 8.13. The van der Waals surface area contributed by atoms with Crippen LogP contribution in [0, 0.1) is 0 Å². The summed E-state index contributed by atoms with van der Waals surface area (Å²) in [6.45, 7) is 2.78. The highest BCUT2D eigenvalue weighted by Gasteiger charge is 2.24. The molecule has 1 atom stereocenters. The summed E-state index contributed by atoms with van der Waals surface area (Å²) >= 11 is 1.29. The molecule has 2 aliphatic heterocycles. The minimum Gasteiger partial charge on any atom is -0.351 e. The maximum absolute atomic E-state index is 11.7. The summed E-state index contributed by atoms with van der Waals surface area (Å²) < 4.78 is 0. The summed E-state index contributed by atoms with van der Waals surface area (Å²) in [7, 11) is 0. The molecule has 0 spiro atoms. The Bertz CT molecular complexity index is 279. The maximum atomic E-state index is 11.7. The molecular weight excluding hydrogens is 226 g/mol. The van der Waals surface area contributed by atoms with Crippen molar-refractivity contribution in [1.29, 1.82) is 0 Å². The molecule has 0 bridgehead atoms. The number of carbonyl (C=O) groups excluding carboxylic acids is 2. The van der Waals surface area contributed by atoms with E-state index in [1.807, 2.05) is 0 Å². The first-order valence-corrected chi connectivity index (χ1v) is 6.66. The van der Waals surface area contributed by atoms with E-state index in [2.05, 4.69) is 10.6 Å². The van der Waals surface area contributed by atoms with Crippen LogP contribution < -0.4 is 10.6 Å². The van der Waals surface area contributed by atoms with E-state index < -0.39 is 0 Å². The van der Waals surface area contributed by atoms with Crippen molar-refractivity contribution in [3.05, 3.63) is 0 Å². The van der Waals surface area contributed by atoms with Gasteiger partial charge in [-0.15, -0.1) is 0 Å². The molecular formula is C10H17N3O2S. The largest absolute Gasteiger partial charge is 0.351 e. The van der Waals surface area contributed by atoms with E-state index in [0.717, 1.165) is 31.7 Å². The molecule has 0 radical (unpaired) electrons. The molecule has 2 N–H and O–H groups in total. The van der Waals surface area contributed by atoms with Gasteiger partial charge >= 0.3 is 0 Å². The predicted molar refractivity (Wildman–Crippen MR) is 63.5 cm³/mol. The molecule has 90 valence electrons. The fourth-order valence-corrected chi connectivity index (χ4v) is 2.82. The number of hydrogen-bond donors (Lipinski definition) is 2. The average molecular weight is 243 g/mol. The summed E-state index contributed by atoms with van der Waals surface area (Å²) in [6, 6.07) is 0.228. The normalized spacial score (nSPS) is 25.9. The minimum atomic E-state index is -0.0375. The summed E-state index contributed by atoms with van der Waals surface area (Å²) in [5.41, 5.74) is 0. The summed E-state index contributed by atoms with van der Waals surface area (Å²) in [6.07, 6.45) is 2.13. The summed E-state index contributed by atoms with van der Waals surface area (Å²) in [5, 5.41) is 6.23. The first kappa shape index (κ1) is 11.7. The Kier molecular flexibility index (Phi) is 4.06. The number of rotatable bonds is 3. The van der Waals surface area contributed by atoms with Crippen LogP contribution in [0.2, 0.25) is 0 Å². The Labute approximate surface area is 99.3 Å². The maximum Gasteiger partial charge on any atom is 0.282 e. The molecule has 0 unspecified atom stereocenters. The van der Waals surface area contributed by atoms with Crippen LogP contribution in [0.3, 0.4) is 0 Å². The second-order valence-electron chi connectivity index (χ2n) is 4.15. The molecule has 5 nitrogen and oxygen atoms in total. The molecule has 2 heterocycles. The molecule has 0 aromatic rings. The summed E-state index contributed by atoms with van der Waals surface area (Å²) in [4.78, 5) is 24.6. The van der Waals surface area contributed by atoms with Crippen molar-refractivity contribution < 1.29 is 9.59 Å². The number of hydrogen-bond acceptors (Lipinski definition) is 4. The molecule has 2 amide bonds. The zero-order chi connectivity index (χ0) is 11.4. The molecule has 0 aromatic heterocycles. The van der Waals surface area contributed by atoms with Gasteiger partial charge in [-0.25, -0.2) is 0 Å². The lowest BCUT2D eigenvalue weighted by atomic mass is 10.1. The molecule has 2 aliphatic rings. The molecule has 0 aliphatic carbocycles. The quantitative estimate of drug-likeness (QED) is 0.734. The number of nitrogens with one attached hydrogen (secondary N) is 2. The lowest BCUT2D eigenvalue weighted by Crippen LogP contribution is -2.48. The highest BCUT2D eigenvalue weighted by Crippen LogP contribution is 2.16. The molecule has 2 saturated heterocycles. The van der Waals surface area contributed by atoms with Crippen molar-refractivity contribution in [1.82, 2.24) is 15.5 Å². The Morgan fingerprint density at radius 2 is 2.50 bits per heavy atom. The number of amides is 2. The number of nitrogens with zero attached hydrogens (tertiary/aromatic N) is 1. The first-order chi connectivity index (χ1) is 7.75. The van der Waals surface area contributed by atoms with Gasteiger partial charge in [0.2, 0.25) is 5.91 Å². The number of piperidine rings is 1. The van der Waals surface area contributed by atoms with E-state index in [1.54, 1.807) is 4.90 Å². The molecule has 0 saturated carbocycles. The van der Waals surface area contributed by atoms with Crippen molar-refractivity contribution in [3.63, 3.8) is 0 Å². The van der Waals surface area contributed by atoms with Crippen LogP contribution in [0.25, 0.3) is 0 Å². The number of carbonyl (C=O) groups is 2. The van der Waals surface area contributed by atoms with E-state index in [9.17, 15) is 9.59 Å². The van der Waals surface area contributed by atoms with Crippen LogP contribution in [-0.4, -0.2) is 54.0 Å². The highest BCUT2D eigenvalue weighted by atomic mass is 32.2. The van der Waals surface area contributed by atoms with Crippen LogP contribution in [0.4, 0.5) is 4.79 Å². The van der Waals surface area contributed by atoms with Gasteiger partial charge in [-0.1, -0.05) is 11.8 Å². The SMILES string of the molecule is O=C(CN1CCSC1=O)N[C@H]1CCCNC1. The Morgan fingerprint density at radius 3 is 3.12 bits per heavy atom. The first-order valence-electron chi connectivity index (χ1n) is 5.67. The molecule has 16 heavy (non-hydrogen) atoms. The average Bonchev–Trinajstić information content (AvgIpc) is 2.66. The fraction of sp³-hybridized carbons (Fsp3) is 0.800. The zero-order valence-corrected chi connectivity index (χ0v) is 10.0. The van der Waals surface area contributed by atoms with Crippen LogP contribution in [0.5, 0.6) is 0 Å². The standard InChI is InChI=1S/C10H17N3O2S/c14-9(7-13-4-5-16-10(13)15)12-8-2-1-3-11-6-8/h8,11H,1-7H2,(H,12,14)/t8-/m0/s1. The van der Waals surface area contributed by atoms with Gasteiger partial charge in [0.25, 0.3) is 5.24 Å². The van der Waals surface area contributed by atoms with Crippen LogP contribution in [-0.2, 0) is 4.79 Å². The topological polar surface area (TPSA) is 61.4 Å². The predicted octanol–water partition coefficient (Wildman–Crippen LogP) is 0.0234. The molecule has 0 aromatic carbocycles. The molecule has 2 fully saturated rings. The van der Waals surface area contributed by atoms with E-state index in [4.69, 9.17) is 0 Å². The van der Waals surface area contributed by atoms with Gasteiger partial charge in [-0.2, -0.15) is 0 Å². The van der Waals surface area contributed by atoms with E-state index in [0.29, 0.717) is 6.54 Å². The Balaban J connectivity index is 1.72. The van der Waals surface area contributed by atoms with E-state index in [-0.39, 0.29) is 23.7 Å². The van der Waals surface area contributed by atoms with Crippen LogP contribution >= 0.6 is 11.8 Å². The summed E-state index contributed by atoms with van der Waals surface area (Å²) in [5.74, 6) is 0.765. The van der Waals surface area contributed by atoms with Crippen molar-refractivity contribution in [2.45, 2.75) is 18.9 Å². The Hall–Kier alpha value is -0.750. The monoisotopic (exact) mass is 243 g/mol. The van der Waals surface area contributed by atoms with Crippen LogP contribution in [0.1, 0.15) is 12.8 Å². The number of thioether (sulfide) groups is 1. The fourth-order valence-electron chi connectivity index (χ4n) is 1.99. The van der Waals surface area contributed by atoms with Gasteiger partial charge in [-0.05, 0) is 19.4 Å². The van der Waals surface area contributed by atoms with Gasteiger partial charge in [0, 0.05) is 24.9 Å². The minimum absolute atomic E-state index is 0.0249. The van der Waals surface area contributed by atoms with Crippen molar-refractivity contribution in [2.24, 2.45) is 0 Å². The van der Waals surface area contributed by atoms with E-state index >= 15 is 0 Å². The van der Waals surface area contributed by atoms with Crippen molar-refractivity contribution in [3.8, 4) is 0 Å². The van der Waals surface area contributed by atoms with Crippen molar-refractivity contribution >= 4 is 22.9 Å². The second kappa shape index (κ2) is 5.54. The van der Waals surface area contributed by atoms with E-state index in [1.165, 1.54) is 11.8 Å². The molecule has 2 rings (SSSR count). The van der Waals surface area contributed by atoms with Gasteiger partial charge in [-0.3, -0.25) is 9.59 Å². The second-order valence-corrected chi connectivity index (χ2v) is 5.19. The van der Waals surface area contributed by atoms with Crippen LogP contribution in [0.15, 0.2) is 0 Å². The van der Waals surface area contributed by atoms with Gasteiger partial charge in [0.15, 0.2) is 0 Å². The third-order valence-electron chi connectivity index (χ3n) is 2.84. The van der Waals surface area contributed by atoms with Gasteiger partial charge in [0.05, 0.1) is 0 Å².